The topological polar surface area (TPSA) is 36.4 Å². The van der Waals surface area contributed by atoms with Crippen LogP contribution in [0.15, 0.2) is 49.2 Å². The first kappa shape index (κ1) is 17.1. The molecular weight excluding hydrogens is 307 g/mol. The molecule has 2 rings (SSSR count). The maximum atomic E-state index is 13.3. The van der Waals surface area contributed by atoms with E-state index in [9.17, 15) is 18.0 Å². The summed E-state index contributed by atoms with van der Waals surface area (Å²) in [5.74, 6) is -0.291. The van der Waals surface area contributed by atoms with Crippen molar-refractivity contribution in [2.24, 2.45) is 0 Å². The highest BCUT2D eigenvalue weighted by molar-refractivity contribution is 5.97. The molecule has 1 aliphatic rings. The number of aromatic nitrogens is 1. The van der Waals surface area contributed by atoms with E-state index >= 15 is 0 Å². The van der Waals surface area contributed by atoms with Crippen LogP contribution in [0.3, 0.4) is 0 Å². The molecule has 1 saturated heterocycles. The molecule has 7 heteroatoms. The fourth-order valence-electron chi connectivity index (χ4n) is 2.60. The SMILES string of the molecule is C=C(C)N1CCC(C(F)(F)F)N(CC(=O)c2cccnc2)C1=C. The van der Waals surface area contributed by atoms with Crippen LogP contribution in [0.25, 0.3) is 0 Å². The summed E-state index contributed by atoms with van der Waals surface area (Å²) in [6, 6.07) is 1.37. The molecule has 1 aliphatic heterocycles. The minimum absolute atomic E-state index is 0.142. The van der Waals surface area contributed by atoms with Gasteiger partial charge in [-0.05, 0) is 25.5 Å². The largest absolute Gasteiger partial charge is 0.408 e. The Morgan fingerprint density at radius 1 is 1.48 bits per heavy atom. The predicted molar refractivity (Wildman–Crippen MR) is 80.4 cm³/mol. The van der Waals surface area contributed by atoms with Crippen molar-refractivity contribution in [2.45, 2.75) is 25.6 Å². The van der Waals surface area contributed by atoms with Gasteiger partial charge in [-0.2, -0.15) is 13.2 Å². The van der Waals surface area contributed by atoms with E-state index in [0.29, 0.717) is 5.70 Å². The molecule has 0 saturated carbocycles. The van der Waals surface area contributed by atoms with Gasteiger partial charge in [-0.15, -0.1) is 0 Å². The minimum Gasteiger partial charge on any atom is -0.339 e. The smallest absolute Gasteiger partial charge is 0.339 e. The van der Waals surface area contributed by atoms with Crippen LogP contribution >= 0.6 is 0 Å². The summed E-state index contributed by atoms with van der Waals surface area (Å²) in [4.78, 5) is 18.7. The summed E-state index contributed by atoms with van der Waals surface area (Å²) in [6.07, 6.45) is -1.74. The van der Waals surface area contributed by atoms with Gasteiger partial charge in [0.1, 0.15) is 11.9 Å². The van der Waals surface area contributed by atoms with E-state index in [1.807, 2.05) is 0 Å². The van der Waals surface area contributed by atoms with Crippen LogP contribution in [-0.4, -0.2) is 45.9 Å². The standard InChI is InChI=1S/C16H18F3N3O/c1-11(2)21-8-6-15(16(17,18)19)22(12(21)3)10-14(23)13-5-4-7-20-9-13/h4-5,7,9,15H,1,3,6,8,10H2,2H3. The maximum absolute atomic E-state index is 13.3. The van der Waals surface area contributed by atoms with Crippen molar-refractivity contribution in [1.82, 2.24) is 14.8 Å². The summed E-state index contributed by atoms with van der Waals surface area (Å²) < 4.78 is 39.9. The number of pyridine rings is 1. The van der Waals surface area contributed by atoms with E-state index in [1.54, 1.807) is 17.9 Å². The molecule has 0 aliphatic carbocycles. The van der Waals surface area contributed by atoms with E-state index in [4.69, 9.17) is 0 Å². The van der Waals surface area contributed by atoms with Crippen molar-refractivity contribution in [3.8, 4) is 0 Å². The molecule has 0 spiro atoms. The Morgan fingerprint density at radius 2 is 2.17 bits per heavy atom. The van der Waals surface area contributed by atoms with E-state index in [-0.39, 0.29) is 24.4 Å². The van der Waals surface area contributed by atoms with Crippen molar-refractivity contribution in [3.63, 3.8) is 0 Å². The fourth-order valence-corrected chi connectivity index (χ4v) is 2.60. The average Bonchev–Trinajstić information content (AvgIpc) is 2.48. The third-order valence-corrected chi connectivity index (χ3v) is 3.78. The second-order valence-electron chi connectivity index (χ2n) is 5.44. The molecule has 23 heavy (non-hydrogen) atoms. The lowest BCUT2D eigenvalue weighted by Crippen LogP contribution is -2.55. The second-order valence-corrected chi connectivity index (χ2v) is 5.44. The lowest BCUT2D eigenvalue weighted by molar-refractivity contribution is -0.188. The van der Waals surface area contributed by atoms with E-state index in [2.05, 4.69) is 18.1 Å². The van der Waals surface area contributed by atoms with Crippen LogP contribution in [0, 0.1) is 0 Å². The Kier molecular flexibility index (Phi) is 4.77. The predicted octanol–water partition coefficient (Wildman–Crippen LogP) is 3.21. The molecule has 1 atom stereocenters. The van der Waals surface area contributed by atoms with Crippen molar-refractivity contribution >= 4 is 5.78 Å². The van der Waals surface area contributed by atoms with Crippen LogP contribution in [0.2, 0.25) is 0 Å². The van der Waals surface area contributed by atoms with Gasteiger partial charge in [0.2, 0.25) is 0 Å². The third-order valence-electron chi connectivity index (χ3n) is 3.78. The first-order chi connectivity index (χ1) is 10.7. The molecule has 1 aromatic rings. The molecule has 124 valence electrons. The number of rotatable bonds is 4. The zero-order valence-electron chi connectivity index (χ0n) is 12.8. The number of hydrogen-bond acceptors (Lipinski definition) is 4. The number of carbonyl (C=O) groups excluding carboxylic acids is 1. The first-order valence-corrected chi connectivity index (χ1v) is 7.10. The molecule has 1 unspecified atom stereocenters. The van der Waals surface area contributed by atoms with Gasteiger partial charge in [0, 0.05) is 30.2 Å². The Balaban J connectivity index is 2.26. The lowest BCUT2D eigenvalue weighted by atomic mass is 10.1. The van der Waals surface area contributed by atoms with Crippen molar-refractivity contribution in [2.75, 3.05) is 13.1 Å². The molecule has 0 bridgehead atoms. The summed E-state index contributed by atoms with van der Waals surface area (Å²) in [7, 11) is 0. The quantitative estimate of drug-likeness (QED) is 0.797. The van der Waals surface area contributed by atoms with Gasteiger partial charge in [0.05, 0.1) is 6.54 Å². The third kappa shape index (κ3) is 3.72. The Hall–Kier alpha value is -2.31. The van der Waals surface area contributed by atoms with Gasteiger partial charge in [0.15, 0.2) is 5.78 Å². The van der Waals surface area contributed by atoms with Crippen LogP contribution in [0.1, 0.15) is 23.7 Å². The number of halogens is 3. The molecule has 1 aromatic heterocycles. The number of Topliss-reactive ketones (excluding diaryl/α,β-unsaturated/α-hetero) is 1. The molecule has 0 aromatic carbocycles. The van der Waals surface area contributed by atoms with E-state index < -0.39 is 24.5 Å². The van der Waals surface area contributed by atoms with Gasteiger partial charge in [-0.25, -0.2) is 0 Å². The highest BCUT2D eigenvalue weighted by Crippen LogP contribution is 2.35. The first-order valence-electron chi connectivity index (χ1n) is 7.10. The zero-order chi connectivity index (χ0) is 17.2. The summed E-state index contributed by atoms with van der Waals surface area (Å²) in [6.45, 7) is 8.95. The van der Waals surface area contributed by atoms with Crippen molar-refractivity contribution in [1.29, 1.82) is 0 Å². The number of nitrogens with zero attached hydrogens (tertiary/aromatic N) is 3. The van der Waals surface area contributed by atoms with Crippen molar-refractivity contribution < 1.29 is 18.0 Å². The lowest BCUT2D eigenvalue weighted by Gasteiger charge is -2.45. The van der Waals surface area contributed by atoms with Crippen molar-refractivity contribution in [3.05, 3.63) is 54.8 Å². The molecule has 2 heterocycles. The zero-order valence-corrected chi connectivity index (χ0v) is 12.8. The molecule has 0 radical (unpaired) electrons. The summed E-state index contributed by atoms with van der Waals surface area (Å²) in [5, 5.41) is 0. The highest BCUT2D eigenvalue weighted by atomic mass is 19.4. The Bertz CT molecular complexity index is 613. The van der Waals surface area contributed by atoms with Gasteiger partial charge in [-0.1, -0.05) is 13.2 Å². The fraction of sp³-hybridized carbons (Fsp3) is 0.375. The molecule has 1 fully saturated rings. The highest BCUT2D eigenvalue weighted by Gasteiger charge is 2.47. The normalized spacial score (nSPS) is 19.0. The monoisotopic (exact) mass is 325 g/mol. The van der Waals surface area contributed by atoms with Crippen LogP contribution in [0.5, 0.6) is 0 Å². The van der Waals surface area contributed by atoms with Gasteiger partial charge >= 0.3 is 6.18 Å². The maximum Gasteiger partial charge on any atom is 0.408 e. The number of alkyl halides is 3. The van der Waals surface area contributed by atoms with E-state index in [1.165, 1.54) is 18.5 Å². The van der Waals surface area contributed by atoms with Crippen LogP contribution < -0.4 is 0 Å². The minimum atomic E-state index is -4.43. The molecule has 4 nitrogen and oxygen atoms in total. The number of hydrogen-bond donors (Lipinski definition) is 0. The number of allylic oxidation sites excluding steroid dienone is 1. The molecule has 0 N–H and O–H groups in total. The summed E-state index contributed by atoms with van der Waals surface area (Å²) in [5.41, 5.74) is 0.864. The molecular formula is C16H18F3N3O. The average molecular weight is 325 g/mol. The van der Waals surface area contributed by atoms with Gasteiger partial charge in [0.25, 0.3) is 0 Å². The summed E-state index contributed by atoms with van der Waals surface area (Å²) >= 11 is 0. The molecule has 0 amide bonds. The number of carbonyl (C=O) groups is 1. The number of ketones is 1. The van der Waals surface area contributed by atoms with Gasteiger partial charge in [-0.3, -0.25) is 9.78 Å². The van der Waals surface area contributed by atoms with Crippen LogP contribution in [0.4, 0.5) is 13.2 Å². The Labute approximate surface area is 132 Å². The van der Waals surface area contributed by atoms with Gasteiger partial charge < -0.3 is 9.80 Å². The second kappa shape index (κ2) is 6.44. The Morgan fingerprint density at radius 3 is 2.70 bits per heavy atom. The van der Waals surface area contributed by atoms with E-state index in [0.717, 1.165) is 4.90 Å². The van der Waals surface area contributed by atoms with Crippen LogP contribution in [-0.2, 0) is 0 Å².